The predicted octanol–water partition coefficient (Wildman–Crippen LogP) is 2.65. The van der Waals surface area contributed by atoms with Crippen LogP contribution in [0.15, 0.2) is 6.07 Å². The largest absolute Gasteiger partial charge is 0.480 e. The van der Waals surface area contributed by atoms with Gasteiger partial charge in [0.2, 0.25) is 0 Å². The van der Waals surface area contributed by atoms with Gasteiger partial charge in [-0.1, -0.05) is 23.2 Å². The van der Waals surface area contributed by atoms with Gasteiger partial charge in [-0.05, 0) is 6.07 Å². The number of halogens is 2. The molecular weight excluding hydrogens is 305 g/mol. The summed E-state index contributed by atoms with van der Waals surface area (Å²) in [5, 5.41) is 8.99. The standard InChI is InChI=1S/C9H7Cl2NO3S2/c10-6-1-4(7(11)17-6)8(13)12-3-16-2-5(12)9(14)15/h1,5H,2-3H2,(H,14,15). The molecule has 1 amide bonds. The maximum atomic E-state index is 12.1. The molecule has 1 saturated heterocycles. The number of carboxylic acids is 1. The number of aliphatic carboxylic acids is 1. The molecule has 17 heavy (non-hydrogen) atoms. The van der Waals surface area contributed by atoms with E-state index in [1.807, 2.05) is 0 Å². The van der Waals surface area contributed by atoms with Crippen molar-refractivity contribution in [3.05, 3.63) is 20.3 Å². The normalized spacial score (nSPS) is 19.6. The van der Waals surface area contributed by atoms with Crippen LogP contribution in [0.4, 0.5) is 0 Å². The summed E-state index contributed by atoms with van der Waals surface area (Å²) >= 11 is 14.1. The SMILES string of the molecule is O=C(O)C1CSCN1C(=O)c1cc(Cl)sc1Cl. The van der Waals surface area contributed by atoms with Gasteiger partial charge in [-0.15, -0.1) is 23.1 Å². The smallest absolute Gasteiger partial charge is 0.327 e. The Balaban J connectivity index is 2.25. The third kappa shape index (κ3) is 2.54. The summed E-state index contributed by atoms with van der Waals surface area (Å²) < 4.78 is 0.707. The van der Waals surface area contributed by atoms with Crippen molar-refractivity contribution in [3.8, 4) is 0 Å². The lowest BCUT2D eigenvalue weighted by atomic mass is 10.2. The number of hydrogen-bond acceptors (Lipinski definition) is 4. The minimum atomic E-state index is -0.999. The van der Waals surface area contributed by atoms with Crippen LogP contribution in [0.25, 0.3) is 0 Å². The molecule has 92 valence electrons. The molecule has 0 spiro atoms. The van der Waals surface area contributed by atoms with E-state index in [4.69, 9.17) is 28.3 Å². The quantitative estimate of drug-likeness (QED) is 0.912. The zero-order valence-electron chi connectivity index (χ0n) is 8.35. The van der Waals surface area contributed by atoms with Crippen molar-refractivity contribution in [3.63, 3.8) is 0 Å². The molecule has 2 rings (SSSR count). The van der Waals surface area contributed by atoms with Crippen LogP contribution in [-0.4, -0.2) is 39.6 Å². The zero-order chi connectivity index (χ0) is 12.6. The number of carboxylic acid groups (broad SMARTS) is 1. The van der Waals surface area contributed by atoms with E-state index < -0.39 is 12.0 Å². The Morgan fingerprint density at radius 2 is 2.18 bits per heavy atom. The van der Waals surface area contributed by atoms with Crippen LogP contribution in [0.2, 0.25) is 8.67 Å². The van der Waals surface area contributed by atoms with Crippen molar-refractivity contribution in [1.29, 1.82) is 0 Å². The van der Waals surface area contributed by atoms with Crippen molar-refractivity contribution in [1.82, 2.24) is 4.90 Å². The Bertz CT molecular complexity index is 477. The van der Waals surface area contributed by atoms with Gasteiger partial charge in [-0.2, -0.15) is 0 Å². The number of rotatable bonds is 2. The fourth-order valence-corrected chi connectivity index (χ4v) is 4.08. The molecule has 1 aliphatic rings. The lowest BCUT2D eigenvalue weighted by Crippen LogP contribution is -2.41. The number of carbonyl (C=O) groups excluding carboxylic acids is 1. The number of nitrogens with zero attached hydrogens (tertiary/aromatic N) is 1. The van der Waals surface area contributed by atoms with Crippen LogP contribution >= 0.6 is 46.3 Å². The molecule has 1 aromatic rings. The summed E-state index contributed by atoms with van der Waals surface area (Å²) in [6.45, 7) is 0. The first-order valence-electron chi connectivity index (χ1n) is 4.57. The molecule has 1 aliphatic heterocycles. The van der Waals surface area contributed by atoms with Gasteiger partial charge in [0.15, 0.2) is 0 Å². The Morgan fingerprint density at radius 1 is 1.47 bits per heavy atom. The Morgan fingerprint density at radius 3 is 2.71 bits per heavy atom. The fourth-order valence-electron chi connectivity index (χ4n) is 1.49. The molecule has 1 fully saturated rings. The number of hydrogen-bond donors (Lipinski definition) is 1. The van der Waals surface area contributed by atoms with Crippen LogP contribution < -0.4 is 0 Å². The van der Waals surface area contributed by atoms with E-state index >= 15 is 0 Å². The van der Waals surface area contributed by atoms with E-state index in [0.29, 0.717) is 20.3 Å². The number of amides is 1. The summed E-state index contributed by atoms with van der Waals surface area (Å²) in [7, 11) is 0. The maximum absolute atomic E-state index is 12.1. The first-order chi connectivity index (χ1) is 8.00. The van der Waals surface area contributed by atoms with Crippen molar-refractivity contribution >= 4 is 58.2 Å². The van der Waals surface area contributed by atoms with E-state index in [9.17, 15) is 9.59 Å². The topological polar surface area (TPSA) is 57.6 Å². The van der Waals surface area contributed by atoms with E-state index in [2.05, 4.69) is 0 Å². The monoisotopic (exact) mass is 311 g/mol. The van der Waals surface area contributed by atoms with Gasteiger partial charge in [0.25, 0.3) is 5.91 Å². The van der Waals surface area contributed by atoms with Crippen molar-refractivity contribution < 1.29 is 14.7 Å². The van der Waals surface area contributed by atoms with Crippen LogP contribution in [0, 0.1) is 0 Å². The molecule has 1 unspecified atom stereocenters. The Hall–Kier alpha value is -0.430. The van der Waals surface area contributed by atoms with Crippen molar-refractivity contribution in [2.75, 3.05) is 11.6 Å². The van der Waals surface area contributed by atoms with Crippen molar-refractivity contribution in [2.24, 2.45) is 0 Å². The molecule has 0 saturated carbocycles. The van der Waals surface area contributed by atoms with Gasteiger partial charge in [0, 0.05) is 5.75 Å². The highest BCUT2D eigenvalue weighted by Crippen LogP contribution is 2.33. The van der Waals surface area contributed by atoms with Gasteiger partial charge in [-0.3, -0.25) is 4.79 Å². The highest BCUT2D eigenvalue weighted by atomic mass is 35.5. The van der Waals surface area contributed by atoms with Crippen LogP contribution in [0.1, 0.15) is 10.4 Å². The molecule has 1 N–H and O–H groups in total. The number of carbonyl (C=O) groups is 2. The molecule has 4 nitrogen and oxygen atoms in total. The first-order valence-corrected chi connectivity index (χ1v) is 7.29. The minimum Gasteiger partial charge on any atom is -0.480 e. The Kier molecular flexibility index (Phi) is 3.87. The highest BCUT2D eigenvalue weighted by Gasteiger charge is 2.36. The molecule has 0 aromatic carbocycles. The van der Waals surface area contributed by atoms with Gasteiger partial charge in [0.1, 0.15) is 10.4 Å². The first kappa shape index (κ1) is 13.0. The van der Waals surface area contributed by atoms with Gasteiger partial charge >= 0.3 is 5.97 Å². The van der Waals surface area contributed by atoms with Crippen LogP contribution in [0.5, 0.6) is 0 Å². The number of thioether (sulfide) groups is 1. The summed E-state index contributed by atoms with van der Waals surface area (Å²) in [5.41, 5.74) is 0.274. The van der Waals surface area contributed by atoms with Gasteiger partial charge in [-0.25, -0.2) is 4.79 Å². The Labute approximate surface area is 115 Å². The lowest BCUT2D eigenvalue weighted by molar-refractivity contribution is -0.140. The minimum absolute atomic E-state index is 0.274. The molecule has 8 heteroatoms. The van der Waals surface area contributed by atoms with E-state index in [1.54, 1.807) is 0 Å². The van der Waals surface area contributed by atoms with Gasteiger partial charge in [0.05, 0.1) is 15.8 Å². The third-order valence-electron chi connectivity index (χ3n) is 2.32. The molecule has 0 aliphatic carbocycles. The predicted molar refractivity (Wildman–Crippen MR) is 69.3 cm³/mol. The fraction of sp³-hybridized carbons (Fsp3) is 0.333. The summed E-state index contributed by atoms with van der Waals surface area (Å²) in [6, 6.07) is 0.681. The molecule has 0 radical (unpaired) electrons. The average molecular weight is 312 g/mol. The van der Waals surface area contributed by atoms with Crippen LogP contribution in [0.3, 0.4) is 0 Å². The van der Waals surface area contributed by atoms with E-state index in [1.165, 1.54) is 22.7 Å². The maximum Gasteiger partial charge on any atom is 0.327 e. The third-order valence-corrected chi connectivity index (χ3v) is 4.82. The molecular formula is C9H7Cl2NO3S2. The second-order valence-electron chi connectivity index (χ2n) is 3.37. The molecule has 1 atom stereocenters. The summed E-state index contributed by atoms with van der Waals surface area (Å²) in [6.07, 6.45) is 0. The second kappa shape index (κ2) is 5.06. The van der Waals surface area contributed by atoms with E-state index in [0.717, 1.165) is 11.3 Å². The summed E-state index contributed by atoms with van der Waals surface area (Å²) in [5.74, 6) is -0.618. The van der Waals surface area contributed by atoms with Crippen molar-refractivity contribution in [2.45, 2.75) is 6.04 Å². The average Bonchev–Trinajstić information content (AvgIpc) is 2.83. The van der Waals surface area contributed by atoms with Gasteiger partial charge < -0.3 is 10.0 Å². The second-order valence-corrected chi connectivity index (χ2v) is 6.65. The molecule has 0 bridgehead atoms. The number of thiophene rings is 1. The molecule has 2 heterocycles. The highest BCUT2D eigenvalue weighted by molar-refractivity contribution is 7.99. The lowest BCUT2D eigenvalue weighted by Gasteiger charge is -2.19. The van der Waals surface area contributed by atoms with Crippen LogP contribution in [-0.2, 0) is 4.79 Å². The summed E-state index contributed by atoms with van der Waals surface area (Å²) in [4.78, 5) is 24.4. The zero-order valence-corrected chi connectivity index (χ0v) is 11.5. The van der Waals surface area contributed by atoms with E-state index in [-0.39, 0.29) is 11.5 Å². The molecule has 1 aromatic heterocycles.